The van der Waals surface area contributed by atoms with Gasteiger partial charge in [0, 0.05) is 6.04 Å². The number of urea groups is 1. The van der Waals surface area contributed by atoms with Gasteiger partial charge in [-0.1, -0.05) is 42.5 Å². The van der Waals surface area contributed by atoms with Crippen LogP contribution in [0.25, 0.3) is 0 Å². The number of carbonyl (C=O) groups excluding carboxylic acids is 3. The molecule has 0 saturated heterocycles. The van der Waals surface area contributed by atoms with Gasteiger partial charge in [0.25, 0.3) is 5.91 Å². The minimum atomic E-state index is -1.13. The maximum absolute atomic E-state index is 12.0. The van der Waals surface area contributed by atoms with Crippen molar-refractivity contribution < 1.29 is 19.1 Å². The summed E-state index contributed by atoms with van der Waals surface area (Å²) in [6, 6.07) is 3.76. The molecule has 0 spiro atoms. The van der Waals surface area contributed by atoms with E-state index in [1.54, 1.807) is 0 Å². The third kappa shape index (κ3) is 5.90. The van der Waals surface area contributed by atoms with Crippen LogP contribution in [0.2, 0.25) is 10.0 Å². The Morgan fingerprint density at radius 1 is 1.12 bits per heavy atom. The Hall–Kier alpha value is -1.79. The van der Waals surface area contributed by atoms with Crippen LogP contribution in [0, 0.1) is 0 Å². The van der Waals surface area contributed by atoms with Crippen molar-refractivity contribution in [3.8, 4) is 0 Å². The lowest BCUT2D eigenvalue weighted by Crippen LogP contribution is -2.48. The topological polar surface area (TPSA) is 84.5 Å². The van der Waals surface area contributed by atoms with Crippen molar-refractivity contribution in [2.45, 2.75) is 51.2 Å². The van der Waals surface area contributed by atoms with Crippen LogP contribution in [-0.4, -0.2) is 30.1 Å². The van der Waals surface area contributed by atoms with E-state index in [0.717, 1.165) is 25.7 Å². The molecule has 1 aromatic rings. The molecule has 2 rings (SSSR count). The fourth-order valence-corrected chi connectivity index (χ4v) is 2.89. The van der Waals surface area contributed by atoms with E-state index < -0.39 is 24.0 Å². The lowest BCUT2D eigenvalue weighted by Gasteiger charge is -2.23. The molecule has 8 heteroatoms. The van der Waals surface area contributed by atoms with Gasteiger partial charge in [0.15, 0.2) is 6.10 Å². The van der Waals surface area contributed by atoms with Crippen molar-refractivity contribution in [1.29, 1.82) is 0 Å². The first kappa shape index (κ1) is 19.5. The minimum absolute atomic E-state index is 0.0793. The van der Waals surface area contributed by atoms with E-state index in [0.29, 0.717) is 5.02 Å². The number of imide groups is 1. The molecule has 0 unspecified atom stereocenters. The molecule has 1 aliphatic rings. The van der Waals surface area contributed by atoms with E-state index in [2.05, 4.69) is 10.6 Å². The zero-order chi connectivity index (χ0) is 18.4. The van der Waals surface area contributed by atoms with Gasteiger partial charge in [-0.15, -0.1) is 0 Å². The van der Waals surface area contributed by atoms with E-state index in [9.17, 15) is 14.4 Å². The van der Waals surface area contributed by atoms with Crippen LogP contribution < -0.4 is 10.6 Å². The summed E-state index contributed by atoms with van der Waals surface area (Å²) in [5.41, 5.74) is 0.167. The second kappa shape index (κ2) is 9.06. The molecule has 6 nitrogen and oxygen atoms in total. The third-order valence-electron chi connectivity index (χ3n) is 3.99. The highest BCUT2D eigenvalue weighted by Crippen LogP contribution is 2.23. The number of carbonyl (C=O) groups is 3. The Morgan fingerprint density at radius 3 is 2.44 bits per heavy atom. The summed E-state index contributed by atoms with van der Waals surface area (Å²) in [7, 11) is 0. The second-order valence-corrected chi connectivity index (χ2v) is 6.79. The van der Waals surface area contributed by atoms with Crippen molar-refractivity contribution in [1.82, 2.24) is 10.6 Å². The van der Waals surface area contributed by atoms with E-state index >= 15 is 0 Å². The lowest BCUT2D eigenvalue weighted by atomic mass is 9.96. The maximum atomic E-state index is 12.0. The first-order valence-corrected chi connectivity index (χ1v) is 8.90. The molecule has 1 atom stereocenters. The molecule has 136 valence electrons. The average molecular weight is 387 g/mol. The zero-order valence-corrected chi connectivity index (χ0v) is 15.3. The Morgan fingerprint density at radius 2 is 1.80 bits per heavy atom. The van der Waals surface area contributed by atoms with Crippen molar-refractivity contribution in [3.63, 3.8) is 0 Å². The SMILES string of the molecule is C[C@@H](OC(=O)c1ccc(Cl)c(Cl)c1)C(=O)NC(=O)NC1CCCCC1. The molecule has 1 fully saturated rings. The van der Waals surface area contributed by atoms with Crippen molar-refractivity contribution >= 4 is 41.1 Å². The molecule has 0 aromatic heterocycles. The molecule has 0 heterocycles. The molecule has 1 aromatic carbocycles. The quantitative estimate of drug-likeness (QED) is 0.772. The van der Waals surface area contributed by atoms with Gasteiger partial charge < -0.3 is 10.1 Å². The number of hydrogen-bond acceptors (Lipinski definition) is 4. The molecular weight excluding hydrogens is 367 g/mol. The van der Waals surface area contributed by atoms with Crippen molar-refractivity contribution in [2.75, 3.05) is 0 Å². The lowest BCUT2D eigenvalue weighted by molar-refractivity contribution is -0.127. The predicted molar refractivity (Wildman–Crippen MR) is 94.9 cm³/mol. The number of amides is 3. The van der Waals surface area contributed by atoms with Crippen LogP contribution in [0.4, 0.5) is 4.79 Å². The summed E-state index contributed by atoms with van der Waals surface area (Å²) >= 11 is 11.6. The molecule has 1 saturated carbocycles. The number of nitrogens with one attached hydrogen (secondary N) is 2. The number of benzene rings is 1. The molecule has 25 heavy (non-hydrogen) atoms. The van der Waals surface area contributed by atoms with Crippen LogP contribution in [0.5, 0.6) is 0 Å². The zero-order valence-electron chi connectivity index (χ0n) is 13.8. The van der Waals surface area contributed by atoms with Crippen LogP contribution >= 0.6 is 23.2 Å². The van der Waals surface area contributed by atoms with Crippen molar-refractivity contribution in [3.05, 3.63) is 33.8 Å². The standard InChI is InChI=1S/C17H20Cl2N2O4/c1-10(25-16(23)11-7-8-13(18)14(19)9-11)15(22)21-17(24)20-12-5-3-2-4-6-12/h7-10,12H,2-6H2,1H3,(H2,20,21,22,24)/t10-/m1/s1. The van der Waals surface area contributed by atoms with Gasteiger partial charge in [-0.25, -0.2) is 9.59 Å². The van der Waals surface area contributed by atoms with Crippen LogP contribution in [0.1, 0.15) is 49.4 Å². The molecule has 0 radical (unpaired) electrons. The molecular formula is C17H20Cl2N2O4. The molecule has 1 aliphatic carbocycles. The van der Waals surface area contributed by atoms with Crippen LogP contribution in [0.3, 0.4) is 0 Å². The summed E-state index contributed by atoms with van der Waals surface area (Å²) in [6.07, 6.45) is 3.99. The first-order valence-electron chi connectivity index (χ1n) is 8.14. The van der Waals surface area contributed by atoms with Gasteiger partial charge in [0.2, 0.25) is 0 Å². The highest BCUT2D eigenvalue weighted by Gasteiger charge is 2.23. The van der Waals surface area contributed by atoms with E-state index in [1.165, 1.54) is 31.5 Å². The smallest absolute Gasteiger partial charge is 0.338 e. The Labute approximate surface area is 156 Å². The highest BCUT2D eigenvalue weighted by atomic mass is 35.5. The Kier molecular flexibility index (Phi) is 7.08. The van der Waals surface area contributed by atoms with E-state index in [4.69, 9.17) is 27.9 Å². The minimum Gasteiger partial charge on any atom is -0.449 e. The van der Waals surface area contributed by atoms with Gasteiger partial charge in [-0.2, -0.15) is 0 Å². The third-order valence-corrected chi connectivity index (χ3v) is 4.72. The molecule has 0 aliphatic heterocycles. The number of hydrogen-bond donors (Lipinski definition) is 2. The highest BCUT2D eigenvalue weighted by molar-refractivity contribution is 6.42. The number of halogens is 2. The van der Waals surface area contributed by atoms with Gasteiger partial charge in [-0.05, 0) is 38.0 Å². The maximum Gasteiger partial charge on any atom is 0.338 e. The summed E-state index contributed by atoms with van der Waals surface area (Å²) in [5.74, 6) is -1.42. The normalized spacial score (nSPS) is 16.0. The average Bonchev–Trinajstić information content (AvgIpc) is 2.57. The fourth-order valence-electron chi connectivity index (χ4n) is 2.59. The summed E-state index contributed by atoms with van der Waals surface area (Å²) in [5, 5.41) is 5.47. The van der Waals surface area contributed by atoms with Crippen LogP contribution in [-0.2, 0) is 9.53 Å². The summed E-state index contributed by atoms with van der Waals surface area (Å²) < 4.78 is 5.05. The predicted octanol–water partition coefficient (Wildman–Crippen LogP) is 3.70. The van der Waals surface area contributed by atoms with Gasteiger partial charge in [-0.3, -0.25) is 10.1 Å². The van der Waals surface area contributed by atoms with Gasteiger partial charge in [0.05, 0.1) is 15.6 Å². The largest absolute Gasteiger partial charge is 0.449 e. The first-order chi connectivity index (χ1) is 11.9. The molecule has 2 N–H and O–H groups in total. The summed E-state index contributed by atoms with van der Waals surface area (Å²) in [6.45, 7) is 1.39. The molecule has 0 bridgehead atoms. The Bertz CT molecular complexity index is 660. The van der Waals surface area contributed by atoms with E-state index in [-0.39, 0.29) is 16.6 Å². The number of rotatable bonds is 4. The van der Waals surface area contributed by atoms with Crippen LogP contribution in [0.15, 0.2) is 18.2 Å². The fraction of sp³-hybridized carbons (Fsp3) is 0.471. The number of ether oxygens (including phenoxy) is 1. The summed E-state index contributed by atoms with van der Waals surface area (Å²) in [4.78, 5) is 35.9. The van der Waals surface area contributed by atoms with E-state index in [1.807, 2.05) is 0 Å². The second-order valence-electron chi connectivity index (χ2n) is 5.97. The molecule has 3 amide bonds. The Balaban J connectivity index is 1.83. The monoisotopic (exact) mass is 386 g/mol. The van der Waals surface area contributed by atoms with Gasteiger partial charge >= 0.3 is 12.0 Å². The number of esters is 1. The van der Waals surface area contributed by atoms with Crippen molar-refractivity contribution in [2.24, 2.45) is 0 Å². The van der Waals surface area contributed by atoms with Gasteiger partial charge in [0.1, 0.15) is 0 Å².